The molecule has 0 fully saturated rings. The molecule has 152 valence electrons. The standard InChI is InChI=1S/C22H23ClN2O4/c1-5-28-20-12-15(11-19(23)21(20)29-14(2)3)10-16(13-24)22(26)25-17-6-8-18(27-4)9-7-17/h6-12,14H,5H2,1-4H3,(H,25,26)/b16-10+. The number of nitrogens with zero attached hydrogens (tertiary/aromatic N) is 1. The Morgan fingerprint density at radius 2 is 1.97 bits per heavy atom. The van der Waals surface area contributed by atoms with Crippen molar-refractivity contribution >= 4 is 29.3 Å². The fraction of sp³-hybridized carbons (Fsp3) is 0.273. The third-order valence-electron chi connectivity index (χ3n) is 3.71. The van der Waals surface area contributed by atoms with Gasteiger partial charge in [-0.3, -0.25) is 4.79 Å². The van der Waals surface area contributed by atoms with Crippen LogP contribution in [0, 0.1) is 11.3 Å². The molecular formula is C22H23ClN2O4. The zero-order valence-corrected chi connectivity index (χ0v) is 17.5. The van der Waals surface area contributed by atoms with E-state index in [4.69, 9.17) is 25.8 Å². The van der Waals surface area contributed by atoms with Gasteiger partial charge in [-0.2, -0.15) is 5.26 Å². The summed E-state index contributed by atoms with van der Waals surface area (Å²) >= 11 is 6.35. The van der Waals surface area contributed by atoms with Gasteiger partial charge in [-0.1, -0.05) is 11.6 Å². The number of ether oxygens (including phenoxy) is 3. The van der Waals surface area contributed by atoms with Gasteiger partial charge in [0.1, 0.15) is 17.4 Å². The quantitative estimate of drug-likeness (QED) is 0.481. The van der Waals surface area contributed by atoms with Crippen LogP contribution in [0.4, 0.5) is 5.69 Å². The Kier molecular flexibility index (Phi) is 7.93. The molecule has 0 saturated carbocycles. The largest absolute Gasteiger partial charge is 0.497 e. The molecule has 2 aromatic carbocycles. The van der Waals surface area contributed by atoms with E-state index >= 15 is 0 Å². The molecule has 2 aromatic rings. The predicted octanol–water partition coefficient (Wildman–Crippen LogP) is 5.08. The van der Waals surface area contributed by atoms with Crippen molar-refractivity contribution in [3.8, 4) is 23.3 Å². The Bertz CT molecular complexity index is 931. The highest BCUT2D eigenvalue weighted by Crippen LogP contribution is 2.38. The second-order valence-electron chi connectivity index (χ2n) is 6.28. The number of anilines is 1. The molecule has 7 heteroatoms. The van der Waals surface area contributed by atoms with Gasteiger partial charge in [-0.15, -0.1) is 0 Å². The molecule has 1 amide bonds. The first-order valence-corrected chi connectivity index (χ1v) is 9.45. The van der Waals surface area contributed by atoms with Crippen LogP contribution in [-0.2, 0) is 4.79 Å². The highest BCUT2D eigenvalue weighted by Gasteiger charge is 2.15. The Morgan fingerprint density at radius 1 is 1.28 bits per heavy atom. The number of carbonyl (C=O) groups is 1. The van der Waals surface area contributed by atoms with Crippen LogP contribution in [0.15, 0.2) is 42.0 Å². The number of halogens is 1. The van der Waals surface area contributed by atoms with E-state index < -0.39 is 5.91 Å². The molecule has 2 rings (SSSR count). The molecule has 29 heavy (non-hydrogen) atoms. The van der Waals surface area contributed by atoms with Crippen LogP contribution in [-0.4, -0.2) is 25.7 Å². The van der Waals surface area contributed by atoms with Gasteiger partial charge in [-0.05, 0) is 68.8 Å². The number of nitrogens with one attached hydrogen (secondary N) is 1. The number of benzene rings is 2. The van der Waals surface area contributed by atoms with Crippen molar-refractivity contribution in [1.82, 2.24) is 0 Å². The van der Waals surface area contributed by atoms with Crippen molar-refractivity contribution in [2.45, 2.75) is 26.9 Å². The SMILES string of the molecule is CCOc1cc(/C=C(\C#N)C(=O)Nc2ccc(OC)cc2)cc(Cl)c1OC(C)C. The first kappa shape index (κ1) is 22.1. The summed E-state index contributed by atoms with van der Waals surface area (Å²) in [6.07, 6.45) is 1.37. The molecule has 0 unspecified atom stereocenters. The summed E-state index contributed by atoms with van der Waals surface area (Å²) < 4.78 is 16.4. The normalized spacial score (nSPS) is 11.0. The van der Waals surface area contributed by atoms with Crippen molar-refractivity contribution in [1.29, 1.82) is 5.26 Å². The van der Waals surface area contributed by atoms with Crippen LogP contribution >= 0.6 is 11.6 Å². The average Bonchev–Trinajstić information content (AvgIpc) is 2.69. The maximum absolute atomic E-state index is 12.5. The van der Waals surface area contributed by atoms with Gasteiger partial charge in [0.05, 0.1) is 24.8 Å². The third-order valence-corrected chi connectivity index (χ3v) is 3.99. The second-order valence-corrected chi connectivity index (χ2v) is 6.69. The molecule has 0 saturated heterocycles. The van der Waals surface area contributed by atoms with Gasteiger partial charge >= 0.3 is 0 Å². The maximum Gasteiger partial charge on any atom is 0.266 e. The predicted molar refractivity (Wildman–Crippen MR) is 114 cm³/mol. The smallest absolute Gasteiger partial charge is 0.266 e. The van der Waals surface area contributed by atoms with Crippen LogP contribution in [0.2, 0.25) is 5.02 Å². The molecule has 0 aromatic heterocycles. The van der Waals surface area contributed by atoms with Gasteiger partial charge < -0.3 is 19.5 Å². The van der Waals surface area contributed by atoms with Crippen LogP contribution in [0.3, 0.4) is 0 Å². The highest BCUT2D eigenvalue weighted by atomic mass is 35.5. The van der Waals surface area contributed by atoms with E-state index in [1.165, 1.54) is 6.08 Å². The lowest BCUT2D eigenvalue weighted by Gasteiger charge is -2.16. The third kappa shape index (κ3) is 6.16. The molecule has 0 heterocycles. The van der Waals surface area contributed by atoms with Crippen molar-refractivity contribution < 1.29 is 19.0 Å². The molecule has 0 aliphatic rings. The number of carbonyl (C=O) groups excluding carboxylic acids is 1. The van der Waals surface area contributed by atoms with Crippen LogP contribution in [0.1, 0.15) is 26.3 Å². The van der Waals surface area contributed by atoms with E-state index in [-0.39, 0.29) is 11.7 Å². The zero-order valence-electron chi connectivity index (χ0n) is 16.8. The molecule has 0 bridgehead atoms. The van der Waals surface area contributed by atoms with Crippen LogP contribution in [0.25, 0.3) is 6.08 Å². The summed E-state index contributed by atoms with van der Waals surface area (Å²) in [6, 6.07) is 12.0. The maximum atomic E-state index is 12.5. The van der Waals surface area contributed by atoms with Crippen molar-refractivity contribution in [2.24, 2.45) is 0 Å². The van der Waals surface area contributed by atoms with Crippen LogP contribution in [0.5, 0.6) is 17.2 Å². The second kappa shape index (κ2) is 10.4. The fourth-order valence-electron chi connectivity index (χ4n) is 2.47. The van der Waals surface area contributed by atoms with Crippen LogP contribution < -0.4 is 19.5 Å². The minimum Gasteiger partial charge on any atom is -0.497 e. The molecule has 0 spiro atoms. The Balaban J connectivity index is 2.30. The number of hydrogen-bond donors (Lipinski definition) is 1. The Hall–Kier alpha value is -3.17. The lowest BCUT2D eigenvalue weighted by molar-refractivity contribution is -0.112. The molecule has 0 atom stereocenters. The number of methoxy groups -OCH3 is 1. The van der Waals surface area contributed by atoms with E-state index in [1.54, 1.807) is 43.5 Å². The number of nitriles is 1. The minimum absolute atomic E-state index is 0.0724. The Labute approximate surface area is 175 Å². The monoisotopic (exact) mass is 414 g/mol. The lowest BCUT2D eigenvalue weighted by atomic mass is 10.1. The average molecular weight is 415 g/mol. The van der Waals surface area contributed by atoms with E-state index in [0.29, 0.717) is 40.1 Å². The highest BCUT2D eigenvalue weighted by molar-refractivity contribution is 6.32. The molecule has 1 N–H and O–H groups in total. The minimum atomic E-state index is -0.533. The fourth-order valence-corrected chi connectivity index (χ4v) is 2.74. The Morgan fingerprint density at radius 3 is 2.52 bits per heavy atom. The van der Waals surface area contributed by atoms with E-state index in [9.17, 15) is 10.1 Å². The molecular weight excluding hydrogens is 392 g/mol. The molecule has 6 nitrogen and oxygen atoms in total. The summed E-state index contributed by atoms with van der Waals surface area (Å²) in [5.74, 6) is 1.02. The van der Waals surface area contributed by atoms with Crippen molar-refractivity contribution in [3.05, 3.63) is 52.6 Å². The summed E-state index contributed by atoms with van der Waals surface area (Å²) in [7, 11) is 1.56. The first-order valence-electron chi connectivity index (χ1n) is 9.08. The van der Waals surface area contributed by atoms with E-state index in [2.05, 4.69) is 5.32 Å². The van der Waals surface area contributed by atoms with Gasteiger partial charge in [-0.25, -0.2) is 0 Å². The summed E-state index contributed by atoms with van der Waals surface area (Å²) in [5.41, 5.74) is 1.03. The van der Waals surface area contributed by atoms with Gasteiger partial charge in [0.2, 0.25) is 0 Å². The zero-order chi connectivity index (χ0) is 21.4. The van der Waals surface area contributed by atoms with Crippen molar-refractivity contribution in [2.75, 3.05) is 19.0 Å². The van der Waals surface area contributed by atoms with Gasteiger partial charge in [0.15, 0.2) is 11.5 Å². The summed E-state index contributed by atoms with van der Waals surface area (Å²) in [6.45, 7) is 6.04. The first-order chi connectivity index (χ1) is 13.9. The molecule has 0 aliphatic carbocycles. The summed E-state index contributed by atoms with van der Waals surface area (Å²) in [4.78, 5) is 12.5. The topological polar surface area (TPSA) is 80.6 Å². The molecule has 0 aliphatic heterocycles. The van der Waals surface area contributed by atoms with E-state index in [0.717, 1.165) is 0 Å². The number of rotatable bonds is 8. The molecule has 0 radical (unpaired) electrons. The lowest BCUT2D eigenvalue weighted by Crippen LogP contribution is -2.13. The van der Waals surface area contributed by atoms with Crippen molar-refractivity contribution in [3.63, 3.8) is 0 Å². The summed E-state index contributed by atoms with van der Waals surface area (Å²) in [5, 5.41) is 12.5. The number of amides is 1. The number of hydrogen-bond acceptors (Lipinski definition) is 5. The van der Waals surface area contributed by atoms with Gasteiger partial charge in [0.25, 0.3) is 5.91 Å². The van der Waals surface area contributed by atoms with Gasteiger partial charge in [0, 0.05) is 5.69 Å². The van der Waals surface area contributed by atoms with E-state index in [1.807, 2.05) is 26.8 Å².